The zero-order chi connectivity index (χ0) is 16.9. The number of rotatable bonds is 7. The molecule has 0 saturated carbocycles. The van der Waals surface area contributed by atoms with Crippen LogP contribution in [0.2, 0.25) is 0 Å². The molecule has 0 saturated heterocycles. The molecule has 3 atom stereocenters. The van der Waals surface area contributed by atoms with E-state index in [0.29, 0.717) is 4.90 Å². The Hall–Kier alpha value is -0.950. The van der Waals surface area contributed by atoms with Crippen LogP contribution in [0.5, 0.6) is 0 Å². The van der Waals surface area contributed by atoms with E-state index in [2.05, 4.69) is 4.72 Å². The van der Waals surface area contributed by atoms with Crippen molar-refractivity contribution in [2.75, 3.05) is 6.61 Å². The van der Waals surface area contributed by atoms with E-state index in [4.69, 9.17) is 22.1 Å². The molecule has 7 heteroatoms. The smallest absolute Gasteiger partial charge is 0.324 e. The van der Waals surface area contributed by atoms with Crippen molar-refractivity contribution in [3.8, 4) is 0 Å². The van der Waals surface area contributed by atoms with Crippen LogP contribution >= 0.6 is 11.6 Å². The van der Waals surface area contributed by atoms with Crippen molar-refractivity contribution in [2.24, 2.45) is 5.73 Å². The summed E-state index contributed by atoms with van der Waals surface area (Å²) < 4.78 is 20.2. The number of esters is 1. The van der Waals surface area contributed by atoms with Crippen molar-refractivity contribution < 1.29 is 13.7 Å². The van der Waals surface area contributed by atoms with E-state index in [9.17, 15) is 9.00 Å². The maximum atomic E-state index is 12.4. The van der Waals surface area contributed by atoms with Crippen molar-refractivity contribution in [1.29, 1.82) is 0 Å². The zero-order valence-electron chi connectivity index (χ0n) is 13.3. The average molecular weight is 347 g/mol. The van der Waals surface area contributed by atoms with Gasteiger partial charge in [0.05, 0.1) is 22.4 Å². The number of carbonyl (C=O) groups excluding carboxylic acids is 1. The summed E-state index contributed by atoms with van der Waals surface area (Å²) in [6, 6.07) is 5.51. The van der Waals surface area contributed by atoms with Crippen molar-refractivity contribution in [3.63, 3.8) is 0 Å². The third-order valence-corrected chi connectivity index (χ3v) is 4.53. The molecule has 0 aliphatic heterocycles. The van der Waals surface area contributed by atoms with Gasteiger partial charge in [-0.3, -0.25) is 4.79 Å². The predicted octanol–water partition coefficient (Wildman–Crippen LogP) is 1.88. The van der Waals surface area contributed by atoms with Gasteiger partial charge in [-0.05, 0) is 39.8 Å². The van der Waals surface area contributed by atoms with Gasteiger partial charge in [0.1, 0.15) is 17.0 Å². The largest absolute Gasteiger partial charge is 0.465 e. The lowest BCUT2D eigenvalue weighted by molar-refractivity contribution is -0.145. The van der Waals surface area contributed by atoms with Crippen LogP contribution in [-0.2, 0) is 20.5 Å². The third-order valence-electron chi connectivity index (χ3n) is 3.13. The van der Waals surface area contributed by atoms with Crippen molar-refractivity contribution in [2.45, 2.75) is 49.5 Å². The van der Waals surface area contributed by atoms with Gasteiger partial charge in [-0.2, -0.15) is 0 Å². The maximum absolute atomic E-state index is 12.4. The van der Waals surface area contributed by atoms with E-state index in [1.54, 1.807) is 32.9 Å². The van der Waals surface area contributed by atoms with Crippen molar-refractivity contribution >= 4 is 28.6 Å². The minimum Gasteiger partial charge on any atom is -0.465 e. The molecular formula is C15H23ClN2O3S. The van der Waals surface area contributed by atoms with E-state index >= 15 is 0 Å². The van der Waals surface area contributed by atoms with Gasteiger partial charge in [-0.1, -0.05) is 17.7 Å². The number of hydrogen-bond acceptors (Lipinski definition) is 4. The van der Waals surface area contributed by atoms with Crippen LogP contribution in [0.25, 0.3) is 0 Å². The van der Waals surface area contributed by atoms with Crippen molar-refractivity contribution in [3.05, 3.63) is 29.8 Å². The number of aryl methyl sites for hydroxylation is 1. The average Bonchev–Trinajstić information content (AvgIpc) is 2.43. The van der Waals surface area contributed by atoms with Gasteiger partial charge in [0.2, 0.25) is 0 Å². The Labute approximate surface area is 139 Å². The van der Waals surface area contributed by atoms with E-state index in [-0.39, 0.29) is 6.61 Å². The minimum absolute atomic E-state index is 0.225. The fraction of sp³-hybridized carbons (Fsp3) is 0.533. The summed E-state index contributed by atoms with van der Waals surface area (Å²) in [6.45, 7) is 7.28. The molecule has 0 amide bonds. The van der Waals surface area contributed by atoms with Gasteiger partial charge in [-0.25, -0.2) is 8.93 Å². The van der Waals surface area contributed by atoms with Gasteiger partial charge in [0.15, 0.2) is 0 Å². The second-order valence-corrected chi connectivity index (χ2v) is 7.74. The number of alkyl halides is 1. The SMILES string of the molecule is CCOC(=O)[C@H](N)[C@@H](N[S@@](=O)c1ccc(C)cc1)C(C)(C)Cl. The fourth-order valence-corrected chi connectivity index (χ4v) is 3.31. The molecule has 0 radical (unpaired) electrons. The third kappa shape index (κ3) is 5.35. The molecular weight excluding hydrogens is 324 g/mol. The molecule has 124 valence electrons. The summed E-state index contributed by atoms with van der Waals surface area (Å²) in [7, 11) is -1.53. The molecule has 1 rings (SSSR count). The topological polar surface area (TPSA) is 81.4 Å². The van der Waals surface area contributed by atoms with Gasteiger partial charge in [0, 0.05) is 0 Å². The molecule has 0 heterocycles. The standard InChI is InChI=1S/C15H23ClN2O3S/c1-5-21-14(19)12(17)13(15(3,4)16)18-22(20)11-8-6-10(2)7-9-11/h6-9,12-13,18H,5,17H2,1-4H3/t12-,13-,22+/m1/s1. The van der Waals surface area contributed by atoms with E-state index in [0.717, 1.165) is 5.56 Å². The van der Waals surface area contributed by atoms with Crippen LogP contribution < -0.4 is 10.5 Å². The number of nitrogens with two attached hydrogens (primary N) is 1. The number of benzene rings is 1. The van der Waals surface area contributed by atoms with Crippen LogP contribution in [0.1, 0.15) is 26.3 Å². The number of hydrogen-bond donors (Lipinski definition) is 2. The fourth-order valence-electron chi connectivity index (χ4n) is 1.86. The zero-order valence-corrected chi connectivity index (χ0v) is 14.8. The predicted molar refractivity (Wildman–Crippen MR) is 89.1 cm³/mol. The summed E-state index contributed by atoms with van der Waals surface area (Å²) >= 11 is 6.31. The summed E-state index contributed by atoms with van der Waals surface area (Å²) in [5.74, 6) is -0.574. The molecule has 1 aromatic rings. The highest BCUT2D eigenvalue weighted by Gasteiger charge is 2.38. The van der Waals surface area contributed by atoms with Crippen LogP contribution in [0.15, 0.2) is 29.2 Å². The number of halogens is 1. The van der Waals surface area contributed by atoms with Crippen LogP contribution in [0.4, 0.5) is 0 Å². The highest BCUT2D eigenvalue weighted by atomic mass is 35.5. The Bertz CT molecular complexity index is 529. The summed E-state index contributed by atoms with van der Waals surface area (Å²) in [6.07, 6.45) is 0. The first kappa shape index (κ1) is 19.1. The second-order valence-electron chi connectivity index (χ2n) is 5.52. The number of carbonyl (C=O) groups is 1. The minimum atomic E-state index is -1.53. The molecule has 0 aliphatic rings. The molecule has 0 fully saturated rings. The first-order chi connectivity index (χ1) is 10.2. The summed E-state index contributed by atoms with van der Waals surface area (Å²) in [5.41, 5.74) is 7.00. The van der Waals surface area contributed by atoms with Crippen LogP contribution in [-0.4, -0.2) is 33.7 Å². The summed E-state index contributed by atoms with van der Waals surface area (Å²) in [4.78, 5) is 11.6. The lowest BCUT2D eigenvalue weighted by atomic mass is 9.97. The quantitative estimate of drug-likeness (QED) is 0.583. The van der Waals surface area contributed by atoms with E-state index < -0.39 is 33.9 Å². The maximum Gasteiger partial charge on any atom is 0.324 e. The lowest BCUT2D eigenvalue weighted by Gasteiger charge is -2.32. The molecule has 22 heavy (non-hydrogen) atoms. The molecule has 0 bridgehead atoms. The molecule has 1 aromatic carbocycles. The van der Waals surface area contributed by atoms with Crippen LogP contribution in [0.3, 0.4) is 0 Å². The molecule has 0 aliphatic carbocycles. The van der Waals surface area contributed by atoms with Gasteiger partial charge < -0.3 is 10.5 Å². The molecule has 0 unspecified atom stereocenters. The molecule has 0 aromatic heterocycles. The Morgan fingerprint density at radius 3 is 2.41 bits per heavy atom. The first-order valence-corrected chi connectivity index (χ1v) is 8.55. The van der Waals surface area contributed by atoms with Crippen molar-refractivity contribution in [1.82, 2.24) is 4.72 Å². The number of nitrogens with one attached hydrogen (secondary N) is 1. The lowest BCUT2D eigenvalue weighted by Crippen LogP contribution is -2.58. The monoisotopic (exact) mass is 346 g/mol. The Morgan fingerprint density at radius 1 is 1.41 bits per heavy atom. The molecule has 3 N–H and O–H groups in total. The second kappa shape index (κ2) is 8.06. The Balaban J connectivity index is 2.92. The highest BCUT2D eigenvalue weighted by molar-refractivity contribution is 7.83. The van der Waals surface area contributed by atoms with Gasteiger partial charge in [0.25, 0.3) is 0 Å². The van der Waals surface area contributed by atoms with Crippen LogP contribution in [0, 0.1) is 6.92 Å². The highest BCUT2D eigenvalue weighted by Crippen LogP contribution is 2.22. The number of ether oxygens (including phenoxy) is 1. The van der Waals surface area contributed by atoms with Gasteiger partial charge >= 0.3 is 5.97 Å². The Kier molecular flexibility index (Phi) is 6.99. The first-order valence-electron chi connectivity index (χ1n) is 7.02. The Morgan fingerprint density at radius 2 is 1.95 bits per heavy atom. The molecule has 5 nitrogen and oxygen atoms in total. The normalized spacial score (nSPS) is 15.9. The summed E-state index contributed by atoms with van der Waals surface area (Å²) in [5, 5.41) is 0. The van der Waals surface area contributed by atoms with Gasteiger partial charge in [-0.15, -0.1) is 11.6 Å². The van der Waals surface area contributed by atoms with E-state index in [1.807, 2.05) is 19.1 Å². The molecule has 0 spiro atoms. The van der Waals surface area contributed by atoms with E-state index in [1.165, 1.54) is 0 Å².